The average molecular weight is 262 g/mol. The number of aromatic nitrogens is 1. The predicted octanol–water partition coefficient (Wildman–Crippen LogP) is 1.25. The van der Waals surface area contributed by atoms with E-state index >= 15 is 0 Å². The minimum atomic E-state index is -4.67. The molecule has 1 heterocycles. The van der Waals surface area contributed by atoms with Gasteiger partial charge in [0.05, 0.1) is 0 Å². The first kappa shape index (κ1) is 11.0. The van der Waals surface area contributed by atoms with Crippen molar-refractivity contribution in [1.29, 1.82) is 0 Å². The number of halogens is 1. The summed E-state index contributed by atoms with van der Waals surface area (Å²) in [5, 5.41) is 1.92. The Hall–Kier alpha value is -0.0200. The van der Waals surface area contributed by atoms with Crippen molar-refractivity contribution in [3.05, 3.63) is 15.5 Å². The van der Waals surface area contributed by atoms with Crippen molar-refractivity contribution in [2.24, 2.45) is 0 Å². The summed E-state index contributed by atoms with van der Waals surface area (Å²) in [5.41, 5.74) is 0. The molecule has 0 atom stereocenters. The van der Waals surface area contributed by atoms with Gasteiger partial charge in [-0.15, -0.1) is 11.3 Å². The van der Waals surface area contributed by atoms with Crippen LogP contribution in [0.2, 0.25) is 0 Å². The van der Waals surface area contributed by atoms with Gasteiger partial charge in [-0.1, -0.05) is 0 Å². The first-order valence-electron chi connectivity index (χ1n) is 2.14. The van der Waals surface area contributed by atoms with E-state index in [9.17, 15) is 0 Å². The SMILES string of the molecule is Brc1nccs1.O=S(=O)(O)O. The van der Waals surface area contributed by atoms with Crippen LogP contribution in [0.4, 0.5) is 0 Å². The summed E-state index contributed by atoms with van der Waals surface area (Å²) < 4.78 is 32.5. The molecule has 0 aromatic carbocycles. The molecule has 0 aliphatic heterocycles. The summed E-state index contributed by atoms with van der Waals surface area (Å²) >= 11 is 4.77. The Kier molecular flexibility index (Phi) is 4.77. The van der Waals surface area contributed by atoms with E-state index in [2.05, 4.69) is 20.9 Å². The molecule has 0 amide bonds. The Morgan fingerprint density at radius 1 is 1.55 bits per heavy atom. The fourth-order valence-corrected chi connectivity index (χ4v) is 1.00. The molecule has 1 rings (SSSR count). The van der Waals surface area contributed by atoms with Crippen LogP contribution in [-0.2, 0) is 10.4 Å². The van der Waals surface area contributed by atoms with Crippen molar-refractivity contribution in [3.8, 4) is 0 Å². The summed E-state index contributed by atoms with van der Waals surface area (Å²) in [5.74, 6) is 0. The predicted molar refractivity (Wildman–Crippen MR) is 44.0 cm³/mol. The molecule has 8 heteroatoms. The van der Waals surface area contributed by atoms with Crippen LogP contribution in [-0.4, -0.2) is 22.5 Å². The third-order valence-corrected chi connectivity index (χ3v) is 1.73. The standard InChI is InChI=1S/C3H2BrNS.H2O4S/c4-3-5-1-2-6-3;1-5(2,3)4/h1-2H;(H2,1,2,3,4). The third kappa shape index (κ3) is 13.0. The van der Waals surface area contributed by atoms with Crippen molar-refractivity contribution in [3.63, 3.8) is 0 Å². The minimum absolute atomic E-state index is 0.947. The second-order valence-corrected chi connectivity index (χ2v) is 4.30. The summed E-state index contributed by atoms with van der Waals surface area (Å²) in [6.07, 6.45) is 1.76. The van der Waals surface area contributed by atoms with Crippen LogP contribution in [0.15, 0.2) is 15.5 Å². The van der Waals surface area contributed by atoms with Gasteiger partial charge in [0.2, 0.25) is 0 Å². The zero-order valence-corrected chi connectivity index (χ0v) is 8.23. The number of nitrogens with zero attached hydrogens (tertiary/aromatic N) is 1. The van der Waals surface area contributed by atoms with E-state index in [1.165, 1.54) is 0 Å². The van der Waals surface area contributed by atoms with Gasteiger partial charge in [-0.05, 0) is 15.9 Å². The quantitative estimate of drug-likeness (QED) is 0.687. The van der Waals surface area contributed by atoms with E-state index in [1.807, 2.05) is 5.38 Å². The second kappa shape index (κ2) is 4.78. The van der Waals surface area contributed by atoms with Crippen molar-refractivity contribution in [2.75, 3.05) is 0 Å². The lowest BCUT2D eigenvalue weighted by molar-refractivity contribution is 0.381. The van der Waals surface area contributed by atoms with Crippen LogP contribution in [0.25, 0.3) is 0 Å². The molecule has 11 heavy (non-hydrogen) atoms. The largest absolute Gasteiger partial charge is 0.394 e. The number of hydrogen-bond acceptors (Lipinski definition) is 4. The highest BCUT2D eigenvalue weighted by atomic mass is 79.9. The lowest BCUT2D eigenvalue weighted by Gasteiger charge is -1.68. The molecule has 0 saturated carbocycles. The van der Waals surface area contributed by atoms with Crippen LogP contribution < -0.4 is 0 Å². The summed E-state index contributed by atoms with van der Waals surface area (Å²) in [6, 6.07) is 0. The Morgan fingerprint density at radius 3 is 2.09 bits per heavy atom. The maximum atomic E-state index is 8.74. The molecule has 64 valence electrons. The summed E-state index contributed by atoms with van der Waals surface area (Å²) in [6.45, 7) is 0. The third-order valence-electron chi connectivity index (χ3n) is 0.402. The molecule has 0 saturated heterocycles. The van der Waals surface area contributed by atoms with Crippen LogP contribution in [0, 0.1) is 0 Å². The molecular weight excluding hydrogens is 258 g/mol. The monoisotopic (exact) mass is 261 g/mol. The summed E-state index contributed by atoms with van der Waals surface area (Å²) in [4.78, 5) is 3.85. The minimum Gasteiger partial charge on any atom is -0.264 e. The van der Waals surface area contributed by atoms with Crippen LogP contribution in [0.3, 0.4) is 0 Å². The Bertz CT molecular complexity index is 272. The van der Waals surface area contributed by atoms with Gasteiger partial charge in [0.1, 0.15) is 0 Å². The highest BCUT2D eigenvalue weighted by Gasteiger charge is 1.84. The van der Waals surface area contributed by atoms with Gasteiger partial charge in [-0.2, -0.15) is 8.42 Å². The topological polar surface area (TPSA) is 87.5 Å². The molecule has 0 aliphatic carbocycles. The summed E-state index contributed by atoms with van der Waals surface area (Å²) in [7, 11) is -4.67. The molecule has 2 N–H and O–H groups in total. The van der Waals surface area contributed by atoms with Crippen LogP contribution in [0.1, 0.15) is 0 Å². The molecular formula is C3H4BrNO4S2. The van der Waals surface area contributed by atoms with Crippen LogP contribution in [0.5, 0.6) is 0 Å². The molecule has 0 fully saturated rings. The first-order chi connectivity index (χ1) is 4.89. The zero-order chi connectivity index (χ0) is 8.91. The maximum Gasteiger partial charge on any atom is 0.394 e. The Balaban J connectivity index is 0.000000187. The molecule has 0 bridgehead atoms. The van der Waals surface area contributed by atoms with Gasteiger partial charge in [0, 0.05) is 11.6 Å². The van der Waals surface area contributed by atoms with Gasteiger partial charge in [-0.25, -0.2) is 4.98 Å². The average Bonchev–Trinajstić information content (AvgIpc) is 2.12. The van der Waals surface area contributed by atoms with Crippen LogP contribution >= 0.6 is 27.3 Å². The highest BCUT2D eigenvalue weighted by Crippen LogP contribution is 2.10. The van der Waals surface area contributed by atoms with E-state index in [-0.39, 0.29) is 0 Å². The Labute approximate surface area is 75.8 Å². The van der Waals surface area contributed by atoms with E-state index in [1.54, 1.807) is 17.5 Å². The normalized spacial score (nSPS) is 10.1. The van der Waals surface area contributed by atoms with E-state index in [0.29, 0.717) is 0 Å². The lowest BCUT2D eigenvalue weighted by atomic mass is 11.0. The molecule has 0 unspecified atom stereocenters. The highest BCUT2D eigenvalue weighted by molar-refractivity contribution is 9.11. The fraction of sp³-hybridized carbons (Fsp3) is 0. The molecule has 0 radical (unpaired) electrons. The number of hydrogen-bond donors (Lipinski definition) is 2. The van der Waals surface area contributed by atoms with Gasteiger partial charge >= 0.3 is 10.4 Å². The smallest absolute Gasteiger partial charge is 0.264 e. The molecule has 1 aromatic rings. The Morgan fingerprint density at radius 2 is 2.00 bits per heavy atom. The van der Waals surface area contributed by atoms with Crippen molar-refractivity contribution < 1.29 is 17.5 Å². The maximum absolute atomic E-state index is 8.74. The number of thiazole rings is 1. The van der Waals surface area contributed by atoms with Gasteiger partial charge in [0.25, 0.3) is 0 Å². The molecule has 0 aliphatic rings. The van der Waals surface area contributed by atoms with Crippen molar-refractivity contribution in [1.82, 2.24) is 4.98 Å². The number of rotatable bonds is 0. The van der Waals surface area contributed by atoms with E-state index in [0.717, 1.165) is 3.92 Å². The van der Waals surface area contributed by atoms with Gasteiger partial charge in [0.15, 0.2) is 3.92 Å². The van der Waals surface area contributed by atoms with Gasteiger partial charge in [-0.3, -0.25) is 9.11 Å². The zero-order valence-electron chi connectivity index (χ0n) is 5.01. The molecule has 5 nitrogen and oxygen atoms in total. The fourth-order valence-electron chi connectivity index (χ4n) is 0.206. The second-order valence-electron chi connectivity index (χ2n) is 1.23. The first-order valence-corrected chi connectivity index (χ1v) is 5.21. The van der Waals surface area contributed by atoms with E-state index in [4.69, 9.17) is 17.5 Å². The van der Waals surface area contributed by atoms with E-state index < -0.39 is 10.4 Å². The molecule has 1 aromatic heterocycles. The molecule has 0 spiro atoms. The van der Waals surface area contributed by atoms with Gasteiger partial charge < -0.3 is 0 Å². The van der Waals surface area contributed by atoms with Crippen molar-refractivity contribution >= 4 is 37.7 Å². The lowest BCUT2D eigenvalue weighted by Crippen LogP contribution is -1.89. The van der Waals surface area contributed by atoms with Crippen molar-refractivity contribution in [2.45, 2.75) is 0 Å².